The minimum absolute atomic E-state index is 0.0948. The summed E-state index contributed by atoms with van der Waals surface area (Å²) in [5, 5.41) is 5.10. The Labute approximate surface area is 131 Å². The summed E-state index contributed by atoms with van der Waals surface area (Å²) in [5.41, 5.74) is 1.11. The summed E-state index contributed by atoms with van der Waals surface area (Å²) in [4.78, 5) is 23.5. The van der Waals surface area contributed by atoms with Crippen LogP contribution in [-0.4, -0.2) is 25.5 Å². The van der Waals surface area contributed by atoms with Gasteiger partial charge in [-0.15, -0.1) is 0 Å². The lowest BCUT2D eigenvalue weighted by Crippen LogP contribution is -2.18. The predicted molar refractivity (Wildman–Crippen MR) is 80.9 cm³/mol. The molecule has 0 aliphatic carbocycles. The first-order valence-electron chi connectivity index (χ1n) is 6.68. The molecule has 0 heterocycles. The number of benzene rings is 2. The molecule has 0 atom stereocenters. The maximum Gasteiger partial charge on any atom is 0.387 e. The van der Waals surface area contributed by atoms with Crippen molar-refractivity contribution in [3.8, 4) is 5.75 Å². The van der Waals surface area contributed by atoms with E-state index in [0.717, 1.165) is 0 Å². The second-order valence-corrected chi connectivity index (χ2v) is 4.52. The van der Waals surface area contributed by atoms with Gasteiger partial charge in [0.25, 0.3) is 11.8 Å². The van der Waals surface area contributed by atoms with Gasteiger partial charge in [-0.2, -0.15) is 8.78 Å². The Kier molecular flexibility index (Phi) is 5.24. The van der Waals surface area contributed by atoms with Crippen molar-refractivity contribution in [2.45, 2.75) is 6.61 Å². The number of hydrogen-bond acceptors (Lipinski definition) is 3. The maximum atomic E-state index is 12.2. The van der Waals surface area contributed by atoms with Gasteiger partial charge >= 0.3 is 6.61 Å². The zero-order valence-corrected chi connectivity index (χ0v) is 12.2. The fraction of sp³-hybridized carbons (Fsp3) is 0.125. The van der Waals surface area contributed by atoms with Crippen LogP contribution < -0.4 is 15.4 Å². The molecule has 0 radical (unpaired) electrons. The van der Waals surface area contributed by atoms with E-state index in [4.69, 9.17) is 0 Å². The van der Waals surface area contributed by atoms with Gasteiger partial charge in [-0.25, -0.2) is 0 Å². The van der Waals surface area contributed by atoms with Gasteiger partial charge in [0.2, 0.25) is 0 Å². The molecule has 0 spiro atoms. The lowest BCUT2D eigenvalue weighted by Gasteiger charge is -2.08. The molecule has 7 heteroatoms. The average molecular weight is 320 g/mol. The highest BCUT2D eigenvalue weighted by molar-refractivity contribution is 6.04. The predicted octanol–water partition coefficient (Wildman–Crippen LogP) is 2.90. The summed E-state index contributed by atoms with van der Waals surface area (Å²) in [6.07, 6.45) is 0. The first-order chi connectivity index (χ1) is 11.0. The van der Waals surface area contributed by atoms with Crippen LogP contribution in [0, 0.1) is 0 Å². The van der Waals surface area contributed by atoms with Crippen LogP contribution >= 0.6 is 0 Å². The van der Waals surface area contributed by atoms with Gasteiger partial charge in [0.15, 0.2) is 0 Å². The van der Waals surface area contributed by atoms with E-state index in [-0.39, 0.29) is 17.2 Å². The Balaban J connectivity index is 2.08. The molecule has 120 valence electrons. The van der Waals surface area contributed by atoms with Crippen molar-refractivity contribution in [1.82, 2.24) is 5.32 Å². The highest BCUT2D eigenvalue weighted by atomic mass is 19.3. The van der Waals surface area contributed by atoms with Crippen LogP contribution in [0.15, 0.2) is 48.5 Å². The molecule has 0 unspecified atom stereocenters. The van der Waals surface area contributed by atoms with Crippen molar-refractivity contribution in [1.29, 1.82) is 0 Å². The van der Waals surface area contributed by atoms with E-state index in [9.17, 15) is 18.4 Å². The van der Waals surface area contributed by atoms with Crippen LogP contribution in [0.2, 0.25) is 0 Å². The molecule has 2 aromatic rings. The second-order valence-electron chi connectivity index (χ2n) is 4.52. The molecular weight excluding hydrogens is 306 g/mol. The molecule has 0 fully saturated rings. The van der Waals surface area contributed by atoms with E-state index in [2.05, 4.69) is 15.4 Å². The van der Waals surface area contributed by atoms with Crippen LogP contribution in [0.1, 0.15) is 20.7 Å². The number of amides is 2. The number of nitrogens with one attached hydrogen (secondary N) is 2. The summed E-state index contributed by atoms with van der Waals surface area (Å²) in [6.45, 7) is -2.95. The van der Waals surface area contributed by atoms with Gasteiger partial charge in [0, 0.05) is 23.9 Å². The Bertz CT molecular complexity index is 703. The zero-order chi connectivity index (χ0) is 16.8. The molecule has 0 saturated carbocycles. The summed E-state index contributed by atoms with van der Waals surface area (Å²) in [5.74, 6) is -0.806. The summed E-state index contributed by atoms with van der Waals surface area (Å²) in [7, 11) is 1.52. The molecule has 0 aliphatic rings. The number of carbonyl (C=O) groups excluding carboxylic acids is 2. The largest absolute Gasteiger partial charge is 0.435 e. The van der Waals surface area contributed by atoms with Gasteiger partial charge in [0.05, 0.1) is 0 Å². The fourth-order valence-corrected chi connectivity index (χ4v) is 1.87. The molecule has 2 aromatic carbocycles. The molecule has 0 saturated heterocycles. The second kappa shape index (κ2) is 7.35. The number of ether oxygens (including phenoxy) is 1. The van der Waals surface area contributed by atoms with E-state index >= 15 is 0 Å². The minimum atomic E-state index is -2.95. The van der Waals surface area contributed by atoms with Gasteiger partial charge in [-0.05, 0) is 42.5 Å². The Hall–Kier alpha value is -2.96. The lowest BCUT2D eigenvalue weighted by atomic mass is 10.1. The van der Waals surface area contributed by atoms with Crippen molar-refractivity contribution >= 4 is 17.5 Å². The molecule has 2 rings (SSSR count). The van der Waals surface area contributed by atoms with Crippen molar-refractivity contribution in [2.75, 3.05) is 12.4 Å². The Morgan fingerprint density at radius 1 is 1.00 bits per heavy atom. The topological polar surface area (TPSA) is 67.4 Å². The fourth-order valence-electron chi connectivity index (χ4n) is 1.87. The molecule has 5 nitrogen and oxygen atoms in total. The first kappa shape index (κ1) is 16.4. The number of anilines is 1. The third kappa shape index (κ3) is 4.50. The highest BCUT2D eigenvalue weighted by Gasteiger charge is 2.10. The monoisotopic (exact) mass is 320 g/mol. The van der Waals surface area contributed by atoms with Crippen LogP contribution in [0.5, 0.6) is 5.75 Å². The Morgan fingerprint density at radius 3 is 2.30 bits per heavy atom. The highest BCUT2D eigenvalue weighted by Crippen LogP contribution is 2.17. The molecule has 0 bridgehead atoms. The van der Waals surface area contributed by atoms with E-state index < -0.39 is 12.5 Å². The molecule has 2 amide bonds. The normalized spacial score (nSPS) is 10.3. The molecule has 0 aromatic heterocycles. The summed E-state index contributed by atoms with van der Waals surface area (Å²) < 4.78 is 28.6. The quantitative estimate of drug-likeness (QED) is 0.890. The first-order valence-corrected chi connectivity index (χ1v) is 6.68. The van der Waals surface area contributed by atoms with Crippen LogP contribution in [0.3, 0.4) is 0 Å². The van der Waals surface area contributed by atoms with Gasteiger partial charge < -0.3 is 15.4 Å². The smallest absolute Gasteiger partial charge is 0.387 e. The summed E-state index contributed by atoms with van der Waals surface area (Å²) >= 11 is 0. The molecule has 0 aliphatic heterocycles. The van der Waals surface area contributed by atoms with Crippen molar-refractivity contribution in [3.05, 3.63) is 59.7 Å². The third-order valence-corrected chi connectivity index (χ3v) is 2.95. The van der Waals surface area contributed by atoms with Crippen molar-refractivity contribution in [3.63, 3.8) is 0 Å². The third-order valence-electron chi connectivity index (χ3n) is 2.95. The number of alkyl halides is 2. The average Bonchev–Trinajstić information content (AvgIpc) is 2.54. The SMILES string of the molecule is CNC(=O)c1ccc(NC(=O)c2cccc(OC(F)F)c2)cc1. The van der Waals surface area contributed by atoms with E-state index in [1.54, 1.807) is 24.3 Å². The van der Waals surface area contributed by atoms with Gasteiger partial charge in [-0.1, -0.05) is 6.07 Å². The Morgan fingerprint density at radius 2 is 1.70 bits per heavy atom. The van der Waals surface area contributed by atoms with Crippen LogP contribution in [0.25, 0.3) is 0 Å². The van der Waals surface area contributed by atoms with Gasteiger partial charge in [-0.3, -0.25) is 9.59 Å². The molecular formula is C16H14F2N2O3. The van der Waals surface area contributed by atoms with Crippen molar-refractivity contribution < 1.29 is 23.1 Å². The van der Waals surface area contributed by atoms with E-state index in [0.29, 0.717) is 11.3 Å². The number of carbonyl (C=O) groups is 2. The van der Waals surface area contributed by atoms with Gasteiger partial charge in [0.1, 0.15) is 5.75 Å². The van der Waals surface area contributed by atoms with Crippen LogP contribution in [-0.2, 0) is 0 Å². The maximum absolute atomic E-state index is 12.2. The zero-order valence-electron chi connectivity index (χ0n) is 12.2. The number of rotatable bonds is 5. The van der Waals surface area contributed by atoms with Crippen LogP contribution in [0.4, 0.5) is 14.5 Å². The molecule has 2 N–H and O–H groups in total. The lowest BCUT2D eigenvalue weighted by molar-refractivity contribution is -0.0498. The standard InChI is InChI=1S/C16H14F2N2O3/c1-19-14(21)10-5-7-12(8-6-10)20-15(22)11-3-2-4-13(9-11)23-16(17)18/h2-9,16H,1H3,(H,19,21)(H,20,22). The minimum Gasteiger partial charge on any atom is -0.435 e. The number of halogens is 2. The summed E-state index contributed by atoms with van der Waals surface area (Å²) in [6, 6.07) is 11.7. The number of hydrogen-bond donors (Lipinski definition) is 2. The molecule has 23 heavy (non-hydrogen) atoms. The van der Waals surface area contributed by atoms with Crippen molar-refractivity contribution in [2.24, 2.45) is 0 Å². The van der Waals surface area contributed by atoms with E-state index in [1.807, 2.05) is 0 Å². The van der Waals surface area contributed by atoms with E-state index in [1.165, 1.54) is 31.3 Å².